The molecule has 4 aromatic rings. The number of nitrogens with one attached hydrogen (secondary N) is 1. The minimum absolute atomic E-state index is 0.0547. The van der Waals surface area contributed by atoms with Gasteiger partial charge in [0.1, 0.15) is 11.3 Å². The maximum Gasteiger partial charge on any atom is 0.258 e. The molecule has 0 radical (unpaired) electrons. The normalized spacial score (nSPS) is 11.0. The number of amides is 1. The summed E-state index contributed by atoms with van der Waals surface area (Å²) in [7, 11) is 0. The SMILES string of the molecule is Cc1cc2nc(-c3ccc(CNC(=O)COc4ccc(Cl)c(C)c4)cc3)oc2cc1C. The molecule has 1 heterocycles. The van der Waals surface area contributed by atoms with Gasteiger partial charge < -0.3 is 14.5 Å². The van der Waals surface area contributed by atoms with E-state index in [0.717, 1.165) is 27.8 Å². The molecule has 4 rings (SSSR count). The van der Waals surface area contributed by atoms with Gasteiger partial charge in [-0.1, -0.05) is 23.7 Å². The topological polar surface area (TPSA) is 64.4 Å². The molecule has 3 aromatic carbocycles. The molecule has 1 aromatic heterocycles. The van der Waals surface area contributed by atoms with E-state index in [0.29, 0.717) is 23.2 Å². The second-order valence-electron chi connectivity index (χ2n) is 7.60. The predicted octanol–water partition coefficient (Wildman–Crippen LogP) is 5.77. The van der Waals surface area contributed by atoms with Gasteiger partial charge in [-0.15, -0.1) is 0 Å². The first kappa shape index (κ1) is 20.9. The molecule has 0 aliphatic heterocycles. The minimum atomic E-state index is -0.193. The number of ether oxygens (including phenoxy) is 1. The van der Waals surface area contributed by atoms with Crippen LogP contribution in [0.15, 0.2) is 59.0 Å². The lowest BCUT2D eigenvalue weighted by Crippen LogP contribution is -2.28. The summed E-state index contributed by atoms with van der Waals surface area (Å²) in [5, 5.41) is 3.53. The number of aromatic nitrogens is 1. The quantitative estimate of drug-likeness (QED) is 0.418. The summed E-state index contributed by atoms with van der Waals surface area (Å²) in [5.74, 6) is 1.01. The highest BCUT2D eigenvalue weighted by molar-refractivity contribution is 6.31. The van der Waals surface area contributed by atoms with Crippen molar-refractivity contribution in [3.63, 3.8) is 0 Å². The van der Waals surface area contributed by atoms with Crippen molar-refractivity contribution in [3.8, 4) is 17.2 Å². The molecule has 0 atom stereocenters. The number of benzene rings is 3. The van der Waals surface area contributed by atoms with E-state index in [1.54, 1.807) is 12.1 Å². The van der Waals surface area contributed by atoms with Gasteiger partial charge in [0.2, 0.25) is 5.89 Å². The van der Waals surface area contributed by atoms with Crippen molar-refractivity contribution in [1.82, 2.24) is 10.3 Å². The van der Waals surface area contributed by atoms with Crippen molar-refractivity contribution < 1.29 is 13.9 Å². The first-order chi connectivity index (χ1) is 14.9. The highest BCUT2D eigenvalue weighted by Crippen LogP contribution is 2.26. The number of hydrogen-bond donors (Lipinski definition) is 1. The van der Waals surface area contributed by atoms with Crippen LogP contribution in [0.1, 0.15) is 22.3 Å². The number of hydrogen-bond acceptors (Lipinski definition) is 4. The van der Waals surface area contributed by atoms with Gasteiger partial charge in [-0.2, -0.15) is 0 Å². The summed E-state index contributed by atoms with van der Waals surface area (Å²) < 4.78 is 11.4. The first-order valence-corrected chi connectivity index (χ1v) is 10.4. The highest BCUT2D eigenvalue weighted by Gasteiger charge is 2.10. The number of halogens is 1. The molecule has 0 aliphatic rings. The van der Waals surface area contributed by atoms with Gasteiger partial charge in [-0.25, -0.2) is 4.98 Å². The van der Waals surface area contributed by atoms with Crippen LogP contribution in [0.25, 0.3) is 22.6 Å². The minimum Gasteiger partial charge on any atom is -0.484 e. The van der Waals surface area contributed by atoms with Crippen LogP contribution in [0.3, 0.4) is 0 Å². The number of carbonyl (C=O) groups is 1. The summed E-state index contributed by atoms with van der Waals surface area (Å²) in [4.78, 5) is 16.7. The van der Waals surface area contributed by atoms with Crippen molar-refractivity contribution in [1.29, 1.82) is 0 Å². The fourth-order valence-electron chi connectivity index (χ4n) is 3.18. The average Bonchev–Trinajstić information content (AvgIpc) is 3.16. The standard InChI is InChI=1S/C25H23ClN2O3/c1-15-11-22-23(12-16(15)2)31-25(28-22)19-6-4-18(5-7-19)13-27-24(29)14-30-20-8-9-21(26)17(3)10-20/h4-12H,13-14H2,1-3H3,(H,27,29). The Hall–Kier alpha value is -3.31. The highest BCUT2D eigenvalue weighted by atomic mass is 35.5. The lowest BCUT2D eigenvalue weighted by atomic mass is 10.1. The first-order valence-electron chi connectivity index (χ1n) is 10.0. The molecule has 1 amide bonds. The van der Waals surface area contributed by atoms with Crippen LogP contribution >= 0.6 is 11.6 Å². The van der Waals surface area contributed by atoms with E-state index in [1.165, 1.54) is 11.1 Å². The zero-order valence-corrected chi connectivity index (χ0v) is 18.4. The third-order valence-corrected chi connectivity index (χ3v) is 5.62. The van der Waals surface area contributed by atoms with Crippen LogP contribution < -0.4 is 10.1 Å². The molecule has 0 fully saturated rings. The molecule has 0 saturated carbocycles. The molecule has 1 N–H and O–H groups in total. The molecule has 0 unspecified atom stereocenters. The second kappa shape index (κ2) is 8.82. The Morgan fingerprint density at radius 2 is 1.74 bits per heavy atom. The lowest BCUT2D eigenvalue weighted by molar-refractivity contribution is -0.123. The fraction of sp³-hybridized carbons (Fsp3) is 0.200. The number of rotatable bonds is 6. The second-order valence-corrected chi connectivity index (χ2v) is 8.00. The summed E-state index contributed by atoms with van der Waals surface area (Å²) in [6.07, 6.45) is 0. The molecule has 0 bridgehead atoms. The van der Waals surface area contributed by atoms with E-state index >= 15 is 0 Å². The molecule has 5 nitrogen and oxygen atoms in total. The van der Waals surface area contributed by atoms with Crippen LogP contribution in [0.4, 0.5) is 0 Å². The Bertz CT molecular complexity index is 1210. The molecular formula is C25H23ClN2O3. The Morgan fingerprint density at radius 1 is 1.00 bits per heavy atom. The Morgan fingerprint density at radius 3 is 2.48 bits per heavy atom. The van der Waals surface area contributed by atoms with E-state index in [4.69, 9.17) is 20.8 Å². The van der Waals surface area contributed by atoms with Gasteiger partial charge in [-0.05, 0) is 85.5 Å². The van der Waals surface area contributed by atoms with Crippen LogP contribution in [-0.4, -0.2) is 17.5 Å². The van der Waals surface area contributed by atoms with Gasteiger partial charge in [0, 0.05) is 17.1 Å². The van der Waals surface area contributed by atoms with E-state index in [9.17, 15) is 4.79 Å². The van der Waals surface area contributed by atoms with Gasteiger partial charge in [-0.3, -0.25) is 4.79 Å². The maximum atomic E-state index is 12.1. The summed E-state index contributed by atoms with van der Waals surface area (Å²) in [5.41, 5.74) is 6.77. The zero-order valence-electron chi connectivity index (χ0n) is 17.7. The molecule has 0 saturated heterocycles. The Kier molecular flexibility index (Phi) is 5.96. The molecule has 6 heteroatoms. The van der Waals surface area contributed by atoms with Crippen molar-refractivity contribution in [3.05, 3.63) is 81.9 Å². The molecule has 158 valence electrons. The van der Waals surface area contributed by atoms with Gasteiger partial charge in [0.25, 0.3) is 5.91 Å². The van der Waals surface area contributed by atoms with Crippen LogP contribution in [-0.2, 0) is 11.3 Å². The number of carbonyl (C=O) groups excluding carboxylic acids is 1. The largest absolute Gasteiger partial charge is 0.484 e. The number of oxazole rings is 1. The molecule has 0 aliphatic carbocycles. The van der Waals surface area contributed by atoms with Crippen molar-refractivity contribution >= 4 is 28.6 Å². The molecular weight excluding hydrogens is 412 g/mol. The maximum absolute atomic E-state index is 12.1. The smallest absolute Gasteiger partial charge is 0.258 e. The van der Waals surface area contributed by atoms with Crippen molar-refractivity contribution in [2.24, 2.45) is 0 Å². The third-order valence-electron chi connectivity index (χ3n) is 5.19. The van der Waals surface area contributed by atoms with E-state index < -0.39 is 0 Å². The average molecular weight is 435 g/mol. The summed E-state index contributed by atoms with van der Waals surface area (Å²) in [6.45, 7) is 6.37. The summed E-state index contributed by atoms with van der Waals surface area (Å²) in [6, 6.07) is 17.1. The van der Waals surface area contributed by atoms with E-state index in [1.807, 2.05) is 49.4 Å². The van der Waals surface area contributed by atoms with E-state index in [-0.39, 0.29) is 12.5 Å². The lowest BCUT2D eigenvalue weighted by Gasteiger charge is -2.09. The number of aryl methyl sites for hydroxylation is 3. The zero-order chi connectivity index (χ0) is 22.0. The van der Waals surface area contributed by atoms with Crippen molar-refractivity contribution in [2.45, 2.75) is 27.3 Å². The fourth-order valence-corrected chi connectivity index (χ4v) is 3.29. The van der Waals surface area contributed by atoms with Gasteiger partial charge >= 0.3 is 0 Å². The monoisotopic (exact) mass is 434 g/mol. The van der Waals surface area contributed by atoms with Crippen LogP contribution in [0.2, 0.25) is 5.02 Å². The third kappa shape index (κ3) is 4.89. The predicted molar refractivity (Wildman–Crippen MR) is 122 cm³/mol. The van der Waals surface area contributed by atoms with Gasteiger partial charge in [0.15, 0.2) is 12.2 Å². The Labute approximate surface area is 186 Å². The number of fused-ring (bicyclic) bond motifs is 1. The van der Waals surface area contributed by atoms with Crippen molar-refractivity contribution in [2.75, 3.05) is 6.61 Å². The van der Waals surface area contributed by atoms with Crippen LogP contribution in [0, 0.1) is 20.8 Å². The van der Waals surface area contributed by atoms with E-state index in [2.05, 4.69) is 24.1 Å². The van der Waals surface area contributed by atoms with Gasteiger partial charge in [0.05, 0.1) is 0 Å². The summed E-state index contributed by atoms with van der Waals surface area (Å²) >= 11 is 6.00. The number of nitrogens with zero attached hydrogens (tertiary/aromatic N) is 1. The molecule has 0 spiro atoms. The van der Waals surface area contributed by atoms with Crippen LogP contribution in [0.5, 0.6) is 5.75 Å². The Balaban J connectivity index is 1.34. The molecule has 31 heavy (non-hydrogen) atoms.